The fourth-order valence-electron chi connectivity index (χ4n) is 2.42. The molecule has 0 saturated carbocycles. The molecule has 0 fully saturated rings. The summed E-state index contributed by atoms with van der Waals surface area (Å²) in [5.74, 6) is -1.10. The molecule has 1 atom stereocenters. The Bertz CT molecular complexity index is 812. The van der Waals surface area contributed by atoms with Crippen molar-refractivity contribution in [2.24, 2.45) is 0 Å². The molecular weight excluding hydrogens is 316 g/mol. The molecule has 1 aromatic heterocycles. The average Bonchev–Trinajstić information content (AvgIpc) is 2.95. The van der Waals surface area contributed by atoms with Crippen molar-refractivity contribution in [3.8, 4) is 5.69 Å². The van der Waals surface area contributed by atoms with Gasteiger partial charge in [-0.05, 0) is 37.6 Å². The number of hydrogen-bond acceptors (Lipinski definition) is 3. The number of hydrogen-bond donors (Lipinski definition) is 0. The highest BCUT2D eigenvalue weighted by Gasteiger charge is 2.20. The molecule has 0 spiro atoms. The smallest absolute Gasteiger partial charge is 0.196 e. The van der Waals surface area contributed by atoms with Crippen molar-refractivity contribution in [1.82, 2.24) is 14.8 Å². The van der Waals surface area contributed by atoms with Crippen LogP contribution in [0.15, 0.2) is 53.9 Å². The minimum atomic E-state index is -0.549. The monoisotopic (exact) mass is 331 g/mol. The van der Waals surface area contributed by atoms with E-state index in [4.69, 9.17) is 0 Å². The summed E-state index contributed by atoms with van der Waals surface area (Å²) in [6.45, 7) is 3.74. The van der Waals surface area contributed by atoms with E-state index in [1.54, 1.807) is 13.3 Å². The van der Waals surface area contributed by atoms with Gasteiger partial charge in [-0.2, -0.15) is 0 Å². The second kappa shape index (κ2) is 6.50. The lowest BCUT2D eigenvalue weighted by Gasteiger charge is -2.14. The number of thioether (sulfide) groups is 1. The quantitative estimate of drug-likeness (QED) is 0.649. The van der Waals surface area contributed by atoms with Crippen molar-refractivity contribution in [3.05, 3.63) is 71.6 Å². The lowest BCUT2D eigenvalue weighted by atomic mass is 10.1. The van der Waals surface area contributed by atoms with Crippen molar-refractivity contribution >= 4 is 11.8 Å². The van der Waals surface area contributed by atoms with Gasteiger partial charge < -0.3 is 0 Å². The Morgan fingerprint density at radius 3 is 2.43 bits per heavy atom. The van der Waals surface area contributed by atoms with Gasteiger partial charge >= 0.3 is 0 Å². The number of para-hydroxylation sites is 1. The Balaban J connectivity index is 1.93. The van der Waals surface area contributed by atoms with Crippen molar-refractivity contribution in [2.75, 3.05) is 0 Å². The SMILES string of the molecule is Cc1ccccc1-n1cnnc1SC(C)c1c(F)cccc1F. The molecule has 1 unspecified atom stereocenters. The molecule has 0 aliphatic carbocycles. The molecule has 1 heterocycles. The van der Waals surface area contributed by atoms with Gasteiger partial charge in [-0.3, -0.25) is 4.57 Å². The van der Waals surface area contributed by atoms with Crippen LogP contribution in [0.5, 0.6) is 0 Å². The summed E-state index contributed by atoms with van der Waals surface area (Å²) >= 11 is 1.27. The maximum absolute atomic E-state index is 13.9. The third kappa shape index (κ3) is 3.12. The molecule has 118 valence electrons. The van der Waals surface area contributed by atoms with E-state index in [0.29, 0.717) is 5.16 Å². The zero-order chi connectivity index (χ0) is 16.4. The molecule has 0 bridgehead atoms. The summed E-state index contributed by atoms with van der Waals surface area (Å²) in [6.07, 6.45) is 1.61. The van der Waals surface area contributed by atoms with E-state index in [1.807, 2.05) is 35.8 Å². The zero-order valence-electron chi connectivity index (χ0n) is 12.7. The van der Waals surface area contributed by atoms with Crippen LogP contribution in [0.2, 0.25) is 0 Å². The van der Waals surface area contributed by atoms with Crippen LogP contribution in [0.3, 0.4) is 0 Å². The third-order valence-electron chi connectivity index (χ3n) is 3.58. The van der Waals surface area contributed by atoms with Crippen molar-refractivity contribution < 1.29 is 8.78 Å². The largest absolute Gasteiger partial charge is 0.276 e. The summed E-state index contributed by atoms with van der Waals surface area (Å²) in [5.41, 5.74) is 2.07. The molecule has 3 rings (SSSR count). The van der Waals surface area contributed by atoms with Gasteiger partial charge in [-0.15, -0.1) is 10.2 Å². The minimum Gasteiger partial charge on any atom is -0.276 e. The van der Waals surface area contributed by atoms with E-state index in [1.165, 1.54) is 30.0 Å². The maximum atomic E-state index is 13.9. The van der Waals surface area contributed by atoms with Crippen LogP contribution in [0, 0.1) is 18.6 Å². The number of rotatable bonds is 4. The first-order valence-corrected chi connectivity index (χ1v) is 8.02. The highest BCUT2D eigenvalue weighted by Crippen LogP contribution is 2.37. The lowest BCUT2D eigenvalue weighted by molar-refractivity contribution is 0.557. The van der Waals surface area contributed by atoms with Crippen LogP contribution in [0.25, 0.3) is 5.69 Å². The first kappa shape index (κ1) is 15.7. The Labute approximate surface area is 137 Å². The molecule has 3 nitrogen and oxygen atoms in total. The van der Waals surface area contributed by atoms with Gasteiger partial charge in [-0.25, -0.2) is 8.78 Å². The van der Waals surface area contributed by atoms with Gasteiger partial charge in [0, 0.05) is 10.8 Å². The lowest BCUT2D eigenvalue weighted by Crippen LogP contribution is -2.02. The molecular formula is C17H15F2N3S. The highest BCUT2D eigenvalue weighted by molar-refractivity contribution is 7.99. The van der Waals surface area contributed by atoms with E-state index >= 15 is 0 Å². The molecule has 2 aromatic carbocycles. The summed E-state index contributed by atoms with van der Waals surface area (Å²) in [6, 6.07) is 11.7. The predicted octanol–water partition coefficient (Wildman–Crippen LogP) is 4.71. The Kier molecular flexibility index (Phi) is 4.43. The van der Waals surface area contributed by atoms with Gasteiger partial charge in [0.25, 0.3) is 0 Å². The highest BCUT2D eigenvalue weighted by atomic mass is 32.2. The fourth-order valence-corrected chi connectivity index (χ4v) is 3.43. The number of benzene rings is 2. The second-order valence-corrected chi connectivity index (χ2v) is 6.47. The van der Waals surface area contributed by atoms with Crippen LogP contribution in [-0.2, 0) is 0 Å². The van der Waals surface area contributed by atoms with E-state index in [2.05, 4.69) is 10.2 Å². The Morgan fingerprint density at radius 2 is 1.74 bits per heavy atom. The van der Waals surface area contributed by atoms with Gasteiger partial charge in [0.05, 0.1) is 5.69 Å². The van der Waals surface area contributed by atoms with Crippen LogP contribution in [0.1, 0.15) is 23.3 Å². The minimum absolute atomic E-state index is 0.0526. The summed E-state index contributed by atoms with van der Waals surface area (Å²) in [5, 5.41) is 8.19. The van der Waals surface area contributed by atoms with Crippen LogP contribution in [-0.4, -0.2) is 14.8 Å². The van der Waals surface area contributed by atoms with Crippen molar-refractivity contribution in [1.29, 1.82) is 0 Å². The van der Waals surface area contributed by atoms with E-state index < -0.39 is 16.9 Å². The summed E-state index contributed by atoms with van der Waals surface area (Å²) in [7, 11) is 0. The number of nitrogens with zero attached hydrogens (tertiary/aromatic N) is 3. The number of aromatic nitrogens is 3. The van der Waals surface area contributed by atoms with Crippen molar-refractivity contribution in [3.63, 3.8) is 0 Å². The number of aryl methyl sites for hydroxylation is 1. The van der Waals surface area contributed by atoms with Gasteiger partial charge in [0.2, 0.25) is 0 Å². The Morgan fingerprint density at radius 1 is 1.04 bits per heavy atom. The standard InChI is InChI=1S/C17H15F2N3S/c1-11-6-3-4-9-15(11)22-10-20-21-17(22)23-12(2)16-13(18)7-5-8-14(16)19/h3-10,12H,1-2H3. The van der Waals surface area contributed by atoms with Crippen LogP contribution < -0.4 is 0 Å². The fraction of sp³-hybridized carbons (Fsp3) is 0.176. The van der Waals surface area contributed by atoms with E-state index in [0.717, 1.165) is 11.3 Å². The molecule has 0 N–H and O–H groups in total. The summed E-state index contributed by atoms with van der Waals surface area (Å²) in [4.78, 5) is 0. The van der Waals surface area contributed by atoms with Gasteiger partial charge in [0.15, 0.2) is 5.16 Å². The molecule has 0 aliphatic heterocycles. The topological polar surface area (TPSA) is 30.7 Å². The average molecular weight is 331 g/mol. The molecule has 0 amide bonds. The third-order valence-corrected chi connectivity index (χ3v) is 4.66. The second-order valence-electron chi connectivity index (χ2n) is 5.17. The van der Waals surface area contributed by atoms with Gasteiger partial charge in [-0.1, -0.05) is 36.0 Å². The predicted molar refractivity (Wildman–Crippen MR) is 86.7 cm³/mol. The number of halogens is 2. The molecule has 3 aromatic rings. The van der Waals surface area contributed by atoms with Crippen LogP contribution >= 0.6 is 11.8 Å². The van der Waals surface area contributed by atoms with E-state index in [9.17, 15) is 8.78 Å². The van der Waals surface area contributed by atoms with Crippen molar-refractivity contribution in [2.45, 2.75) is 24.3 Å². The first-order valence-electron chi connectivity index (χ1n) is 7.14. The van der Waals surface area contributed by atoms with Gasteiger partial charge in [0.1, 0.15) is 18.0 Å². The summed E-state index contributed by atoms with van der Waals surface area (Å²) < 4.78 is 29.7. The van der Waals surface area contributed by atoms with E-state index in [-0.39, 0.29) is 5.56 Å². The molecule has 0 saturated heterocycles. The Hall–Kier alpha value is -2.21. The molecule has 0 aliphatic rings. The first-order chi connectivity index (χ1) is 11.1. The maximum Gasteiger partial charge on any atom is 0.196 e. The molecule has 0 radical (unpaired) electrons. The molecule has 6 heteroatoms. The normalized spacial score (nSPS) is 12.3. The zero-order valence-corrected chi connectivity index (χ0v) is 13.5. The van der Waals surface area contributed by atoms with Crippen LogP contribution in [0.4, 0.5) is 8.78 Å². The molecule has 23 heavy (non-hydrogen) atoms.